The predicted molar refractivity (Wildman–Crippen MR) is 145 cm³/mol. The molecule has 36 heavy (non-hydrogen) atoms. The summed E-state index contributed by atoms with van der Waals surface area (Å²) in [7, 11) is 0. The van der Waals surface area contributed by atoms with Gasteiger partial charge in [-0.05, 0) is 80.6 Å². The maximum absolute atomic E-state index is 12.8. The molecule has 0 heterocycles. The standard InChI is InChI=1S/C24H33N5O3.C3H7N/c1-15-12-19(30)13-16(2)20(15)14-21(29-24(25)26)23(32)28-17(3)22(31)27-11-7-10-18-8-5-4-6-9-18;1-3(2)4/h4-6,8-9,12-13,17,21,30H,7,10-11,14H2,1-3H3,(H,27,31)(H,28,32)(H4,25,26,29);1,4H2,2H3/t17-,21+;/m1./s1. The number of hydrogen-bond acceptors (Lipinski definition) is 5. The number of nitrogens with one attached hydrogen (secondary N) is 2. The molecule has 0 unspecified atom stereocenters. The van der Waals surface area contributed by atoms with Crippen LogP contribution in [0.5, 0.6) is 5.75 Å². The molecule has 2 rings (SSSR count). The van der Waals surface area contributed by atoms with E-state index in [0.717, 1.165) is 29.5 Å². The number of carbonyl (C=O) groups is 2. The van der Waals surface area contributed by atoms with Crippen LogP contribution in [0.15, 0.2) is 59.7 Å². The van der Waals surface area contributed by atoms with E-state index in [1.54, 1.807) is 26.0 Å². The van der Waals surface area contributed by atoms with E-state index in [1.807, 2.05) is 44.2 Å². The molecule has 0 aliphatic carbocycles. The molecule has 196 valence electrons. The number of phenolic OH excluding ortho intramolecular Hbond substituents is 1. The molecule has 2 atom stereocenters. The summed E-state index contributed by atoms with van der Waals surface area (Å²) in [5, 5.41) is 15.3. The summed E-state index contributed by atoms with van der Waals surface area (Å²) in [5.41, 5.74) is 20.4. The number of nitrogens with two attached hydrogens (primary N) is 3. The molecule has 0 saturated heterocycles. The number of nitrogens with zero attached hydrogens (tertiary/aromatic N) is 1. The van der Waals surface area contributed by atoms with Gasteiger partial charge >= 0.3 is 0 Å². The summed E-state index contributed by atoms with van der Waals surface area (Å²) >= 11 is 0. The Kier molecular flexibility index (Phi) is 12.6. The van der Waals surface area contributed by atoms with Crippen LogP contribution in [0.2, 0.25) is 0 Å². The fraction of sp³-hybridized carbons (Fsp3) is 0.370. The second-order valence-electron chi connectivity index (χ2n) is 8.79. The maximum atomic E-state index is 12.8. The van der Waals surface area contributed by atoms with Crippen molar-refractivity contribution >= 4 is 17.8 Å². The van der Waals surface area contributed by atoms with Crippen molar-refractivity contribution < 1.29 is 14.7 Å². The zero-order chi connectivity index (χ0) is 27.3. The third-order valence-corrected chi connectivity index (χ3v) is 5.22. The average Bonchev–Trinajstić information content (AvgIpc) is 2.78. The summed E-state index contributed by atoms with van der Waals surface area (Å²) in [4.78, 5) is 29.3. The first-order chi connectivity index (χ1) is 16.9. The molecule has 9 nitrogen and oxygen atoms in total. The van der Waals surface area contributed by atoms with Gasteiger partial charge in [-0.2, -0.15) is 0 Å². The highest BCUT2D eigenvalue weighted by atomic mass is 16.3. The van der Waals surface area contributed by atoms with Crippen LogP contribution in [0.3, 0.4) is 0 Å². The number of hydrogen-bond donors (Lipinski definition) is 6. The van der Waals surface area contributed by atoms with Crippen LogP contribution in [-0.2, 0) is 22.4 Å². The Labute approximate surface area is 213 Å². The molecular formula is C27H40N6O3. The molecule has 0 radical (unpaired) electrons. The van der Waals surface area contributed by atoms with Gasteiger partial charge in [0.1, 0.15) is 17.8 Å². The fourth-order valence-electron chi connectivity index (χ4n) is 3.54. The molecule has 2 amide bonds. The molecule has 9 heteroatoms. The van der Waals surface area contributed by atoms with E-state index in [0.29, 0.717) is 12.2 Å². The zero-order valence-corrected chi connectivity index (χ0v) is 21.7. The molecule has 0 saturated carbocycles. The van der Waals surface area contributed by atoms with E-state index in [2.05, 4.69) is 22.2 Å². The van der Waals surface area contributed by atoms with Gasteiger partial charge in [-0.15, -0.1) is 0 Å². The van der Waals surface area contributed by atoms with Gasteiger partial charge in [-0.1, -0.05) is 36.9 Å². The Morgan fingerprint density at radius 3 is 2.14 bits per heavy atom. The third kappa shape index (κ3) is 11.4. The van der Waals surface area contributed by atoms with E-state index >= 15 is 0 Å². The van der Waals surface area contributed by atoms with Crippen LogP contribution in [-0.4, -0.2) is 41.5 Å². The van der Waals surface area contributed by atoms with Crippen molar-refractivity contribution in [1.29, 1.82) is 0 Å². The van der Waals surface area contributed by atoms with E-state index in [4.69, 9.17) is 17.2 Å². The molecule has 0 spiro atoms. The number of aryl methyl sites for hydroxylation is 3. The minimum absolute atomic E-state index is 0.157. The summed E-state index contributed by atoms with van der Waals surface area (Å²) in [6.07, 6.45) is 1.90. The third-order valence-electron chi connectivity index (χ3n) is 5.22. The van der Waals surface area contributed by atoms with Gasteiger partial charge < -0.3 is 32.9 Å². The molecular weight excluding hydrogens is 456 g/mol. The quantitative estimate of drug-likeness (QED) is 0.167. The second kappa shape index (κ2) is 15.1. The molecule has 9 N–H and O–H groups in total. The van der Waals surface area contributed by atoms with E-state index in [-0.39, 0.29) is 24.0 Å². The van der Waals surface area contributed by atoms with Crippen molar-refractivity contribution in [2.24, 2.45) is 22.2 Å². The normalized spacial score (nSPS) is 11.8. The lowest BCUT2D eigenvalue weighted by molar-refractivity contribution is -0.129. The number of rotatable bonds is 10. The number of benzene rings is 2. The first kappa shape index (κ1) is 30.0. The van der Waals surface area contributed by atoms with Gasteiger partial charge in [-0.25, -0.2) is 4.99 Å². The lowest BCUT2D eigenvalue weighted by Crippen LogP contribution is -2.49. The Morgan fingerprint density at radius 1 is 1.06 bits per heavy atom. The number of aromatic hydroxyl groups is 1. The Morgan fingerprint density at radius 2 is 1.61 bits per heavy atom. The average molecular weight is 497 g/mol. The summed E-state index contributed by atoms with van der Waals surface area (Å²) in [6, 6.07) is 11.6. The maximum Gasteiger partial charge on any atom is 0.245 e. The van der Waals surface area contributed by atoms with E-state index in [1.165, 1.54) is 5.56 Å². The minimum Gasteiger partial charge on any atom is -0.508 e. The van der Waals surface area contributed by atoms with E-state index in [9.17, 15) is 14.7 Å². The Hall–Kier alpha value is -4.01. The van der Waals surface area contributed by atoms with Crippen molar-refractivity contribution in [3.63, 3.8) is 0 Å². The van der Waals surface area contributed by atoms with Crippen LogP contribution in [0.25, 0.3) is 0 Å². The molecule has 0 fully saturated rings. The van der Waals surface area contributed by atoms with Gasteiger partial charge in [-0.3, -0.25) is 9.59 Å². The van der Waals surface area contributed by atoms with Crippen molar-refractivity contribution in [2.45, 2.75) is 59.0 Å². The van der Waals surface area contributed by atoms with Crippen LogP contribution < -0.4 is 27.8 Å². The molecule has 2 aromatic carbocycles. The fourth-order valence-corrected chi connectivity index (χ4v) is 3.54. The topological polar surface area (TPSA) is 169 Å². The number of guanidine groups is 1. The van der Waals surface area contributed by atoms with Gasteiger partial charge in [0.2, 0.25) is 11.8 Å². The highest BCUT2D eigenvalue weighted by Crippen LogP contribution is 2.22. The SMILES string of the molecule is C=C(C)N.Cc1cc(O)cc(C)c1C[C@H](N=C(N)N)C(=O)N[C@H](C)C(=O)NCCCc1ccccc1. The van der Waals surface area contributed by atoms with Crippen molar-refractivity contribution in [3.8, 4) is 5.75 Å². The van der Waals surface area contributed by atoms with E-state index < -0.39 is 18.0 Å². The van der Waals surface area contributed by atoms with Crippen molar-refractivity contribution in [1.82, 2.24) is 10.6 Å². The minimum atomic E-state index is -0.893. The van der Waals surface area contributed by atoms with Crippen LogP contribution in [0.4, 0.5) is 0 Å². The van der Waals surface area contributed by atoms with Crippen molar-refractivity contribution in [2.75, 3.05) is 6.54 Å². The number of carbonyl (C=O) groups excluding carboxylic acids is 2. The zero-order valence-electron chi connectivity index (χ0n) is 21.7. The summed E-state index contributed by atoms with van der Waals surface area (Å²) in [5.74, 6) is -0.773. The number of phenols is 1. The van der Waals surface area contributed by atoms with Gasteiger partial charge in [0.05, 0.1) is 0 Å². The largest absolute Gasteiger partial charge is 0.508 e. The number of allylic oxidation sites excluding steroid dienone is 1. The first-order valence-electron chi connectivity index (χ1n) is 11.8. The Balaban J connectivity index is 0.00000150. The van der Waals surface area contributed by atoms with Crippen LogP contribution in [0, 0.1) is 13.8 Å². The van der Waals surface area contributed by atoms with Crippen LogP contribution >= 0.6 is 0 Å². The van der Waals surface area contributed by atoms with Crippen LogP contribution in [0.1, 0.15) is 42.5 Å². The predicted octanol–water partition coefficient (Wildman–Crippen LogP) is 1.93. The molecule has 0 bridgehead atoms. The number of aliphatic imine (C=N–C) groups is 1. The monoisotopic (exact) mass is 496 g/mol. The second-order valence-corrected chi connectivity index (χ2v) is 8.79. The van der Waals surface area contributed by atoms with Gasteiger partial charge in [0.15, 0.2) is 5.96 Å². The van der Waals surface area contributed by atoms with Gasteiger partial charge in [0.25, 0.3) is 0 Å². The van der Waals surface area contributed by atoms with Crippen molar-refractivity contribution in [3.05, 3.63) is 77.0 Å². The smallest absolute Gasteiger partial charge is 0.245 e. The molecule has 2 aromatic rings. The Bertz CT molecular complexity index is 1020. The first-order valence-corrected chi connectivity index (χ1v) is 11.8. The molecule has 0 aliphatic heterocycles. The number of amides is 2. The van der Waals surface area contributed by atoms with Gasteiger partial charge in [0, 0.05) is 13.0 Å². The summed E-state index contributed by atoms with van der Waals surface area (Å²) < 4.78 is 0. The highest BCUT2D eigenvalue weighted by molar-refractivity contribution is 5.91. The lowest BCUT2D eigenvalue weighted by Gasteiger charge is -2.19. The molecule has 0 aliphatic rings. The lowest BCUT2D eigenvalue weighted by atomic mass is 9.95. The summed E-state index contributed by atoms with van der Waals surface area (Å²) in [6.45, 7) is 10.9. The highest BCUT2D eigenvalue weighted by Gasteiger charge is 2.24. The molecule has 0 aromatic heterocycles.